The standard InChI is InChI=1S/C16H15N8O4S/c1-12-3-9-15(10-4-12)29(27,28)21-23-11-17-22(2)16(23)19-20-18-13-5-7-14(8-6-13)24(25)26/h3-11H,1-2H3/q-1. The summed E-state index contributed by atoms with van der Waals surface area (Å²) in [5.74, 6) is 0.00588. The van der Waals surface area contributed by atoms with Crippen molar-refractivity contribution in [2.45, 2.75) is 11.8 Å². The van der Waals surface area contributed by atoms with Crippen LogP contribution in [0.15, 0.2) is 70.1 Å². The van der Waals surface area contributed by atoms with Gasteiger partial charge >= 0.3 is 0 Å². The highest BCUT2D eigenvalue weighted by atomic mass is 32.2. The Balaban J connectivity index is 1.75. The van der Waals surface area contributed by atoms with Crippen LogP contribution in [0.5, 0.6) is 0 Å². The normalized spacial score (nSPS) is 11.5. The molecule has 2 aromatic carbocycles. The number of hydrogen-bond donors (Lipinski definition) is 0. The number of non-ortho nitro benzene ring substituents is 1. The van der Waals surface area contributed by atoms with Gasteiger partial charge in [-0.1, -0.05) is 23.1 Å². The van der Waals surface area contributed by atoms with Gasteiger partial charge in [0.25, 0.3) is 5.69 Å². The Morgan fingerprint density at radius 2 is 1.79 bits per heavy atom. The third kappa shape index (κ3) is 4.70. The molecule has 3 aromatic rings. The summed E-state index contributed by atoms with van der Waals surface area (Å²) in [6, 6.07) is 11.6. The third-order valence-electron chi connectivity index (χ3n) is 3.70. The Morgan fingerprint density at radius 1 is 1.14 bits per heavy atom. The van der Waals surface area contributed by atoms with E-state index in [0.717, 1.165) is 10.2 Å². The van der Waals surface area contributed by atoms with E-state index in [1.807, 2.05) is 6.92 Å². The molecule has 0 amide bonds. The SMILES string of the molecule is Cc1ccc(S(=O)(=O)[N-][n+]2cnn(C)c2[N-]N=Nc2ccc([N+](=O)[O-])cc2)cc1. The molecule has 0 aliphatic carbocycles. The van der Waals surface area contributed by atoms with Crippen LogP contribution in [0, 0.1) is 17.0 Å². The van der Waals surface area contributed by atoms with Crippen molar-refractivity contribution >= 4 is 27.3 Å². The molecule has 0 spiro atoms. The number of hydrogen-bond acceptors (Lipinski definition) is 7. The van der Waals surface area contributed by atoms with Crippen LogP contribution in [0.1, 0.15) is 5.56 Å². The van der Waals surface area contributed by atoms with Gasteiger partial charge < -0.3 is 9.51 Å². The molecule has 29 heavy (non-hydrogen) atoms. The molecule has 150 valence electrons. The molecule has 0 saturated heterocycles. The Labute approximate surface area is 165 Å². The summed E-state index contributed by atoms with van der Waals surface area (Å²) < 4.78 is 27.2. The van der Waals surface area contributed by atoms with E-state index in [2.05, 4.69) is 25.7 Å². The lowest BCUT2D eigenvalue weighted by atomic mass is 10.2. The highest BCUT2D eigenvalue weighted by Crippen LogP contribution is 2.22. The second-order valence-electron chi connectivity index (χ2n) is 5.83. The fourth-order valence-corrected chi connectivity index (χ4v) is 3.10. The molecule has 0 saturated carbocycles. The van der Waals surface area contributed by atoms with Crippen molar-refractivity contribution in [1.29, 1.82) is 0 Å². The molecule has 12 nitrogen and oxygen atoms in total. The van der Waals surface area contributed by atoms with Crippen LogP contribution in [-0.4, -0.2) is 23.1 Å². The molecule has 0 radical (unpaired) electrons. The highest BCUT2D eigenvalue weighted by molar-refractivity contribution is 7.93. The van der Waals surface area contributed by atoms with Crippen molar-refractivity contribution in [2.75, 3.05) is 0 Å². The fourth-order valence-electron chi connectivity index (χ4n) is 2.17. The molecular weight excluding hydrogens is 400 g/mol. The number of benzene rings is 2. The molecule has 0 fully saturated rings. The third-order valence-corrected chi connectivity index (χ3v) is 4.96. The van der Waals surface area contributed by atoms with Gasteiger partial charge in [0.15, 0.2) is 0 Å². The van der Waals surface area contributed by atoms with Crippen LogP contribution in [-0.2, 0) is 17.1 Å². The quantitative estimate of drug-likeness (QED) is 0.251. The van der Waals surface area contributed by atoms with E-state index in [4.69, 9.17) is 0 Å². The van der Waals surface area contributed by atoms with Gasteiger partial charge in [0.1, 0.15) is 16.4 Å². The van der Waals surface area contributed by atoms with Gasteiger partial charge in [-0.15, -0.1) is 5.11 Å². The smallest absolute Gasteiger partial charge is 0.269 e. The lowest BCUT2D eigenvalue weighted by Crippen LogP contribution is -2.31. The first-order valence-corrected chi connectivity index (χ1v) is 9.55. The average molecular weight is 415 g/mol. The summed E-state index contributed by atoms with van der Waals surface area (Å²) in [6.45, 7) is 1.84. The van der Waals surface area contributed by atoms with Gasteiger partial charge in [-0.2, -0.15) is 5.10 Å². The van der Waals surface area contributed by atoms with Crippen LogP contribution in [0.3, 0.4) is 0 Å². The van der Waals surface area contributed by atoms with E-state index in [-0.39, 0.29) is 16.5 Å². The summed E-state index contributed by atoms with van der Waals surface area (Å²) >= 11 is 0. The van der Waals surface area contributed by atoms with Gasteiger partial charge in [-0.25, -0.2) is 13.1 Å². The largest absolute Gasteiger partial charge is 0.502 e. The molecule has 0 atom stereocenters. The lowest BCUT2D eigenvalue weighted by Gasteiger charge is -2.23. The number of nitro groups is 1. The number of rotatable bonds is 7. The Hall–Kier alpha value is -3.87. The van der Waals surface area contributed by atoms with Crippen molar-refractivity contribution in [1.82, 2.24) is 9.78 Å². The summed E-state index contributed by atoms with van der Waals surface area (Å²) in [5.41, 5.74) is 5.01. The first-order valence-electron chi connectivity index (χ1n) is 8.11. The van der Waals surface area contributed by atoms with E-state index < -0.39 is 14.9 Å². The summed E-state index contributed by atoms with van der Waals surface area (Å²) in [4.78, 5) is 13.9. The van der Waals surface area contributed by atoms with Gasteiger partial charge in [0.05, 0.1) is 15.5 Å². The maximum absolute atomic E-state index is 12.5. The predicted octanol–water partition coefficient (Wildman–Crippen LogP) is 3.15. The molecule has 0 bridgehead atoms. The number of nitro benzene ring substituents is 1. The summed E-state index contributed by atoms with van der Waals surface area (Å²) in [5, 5.41) is 22.0. The van der Waals surface area contributed by atoms with E-state index in [1.165, 1.54) is 54.5 Å². The molecule has 1 heterocycles. The number of aromatic nitrogens is 3. The molecule has 0 N–H and O–H groups in total. The first kappa shape index (κ1) is 19.9. The second kappa shape index (κ2) is 8.02. The van der Waals surface area contributed by atoms with Crippen LogP contribution < -0.4 is 4.68 Å². The lowest BCUT2D eigenvalue weighted by molar-refractivity contribution is -0.598. The Bertz CT molecular complexity index is 1150. The van der Waals surface area contributed by atoms with Crippen molar-refractivity contribution in [3.8, 4) is 0 Å². The minimum Gasteiger partial charge on any atom is -0.502 e. The van der Waals surface area contributed by atoms with Crippen LogP contribution >= 0.6 is 0 Å². The summed E-state index contributed by atoms with van der Waals surface area (Å²) in [7, 11) is -2.46. The van der Waals surface area contributed by atoms with Crippen molar-refractivity contribution in [3.05, 3.63) is 80.8 Å². The van der Waals surface area contributed by atoms with E-state index in [1.54, 1.807) is 12.1 Å². The molecule has 1 aromatic heterocycles. The minimum absolute atomic E-state index is 0.00588. The maximum atomic E-state index is 12.5. The topological polar surface area (TPSA) is 152 Å². The average Bonchev–Trinajstić information content (AvgIpc) is 3.01. The van der Waals surface area contributed by atoms with Gasteiger partial charge in [-0.05, 0) is 36.4 Å². The number of nitrogens with zero attached hydrogens (tertiary/aromatic N) is 8. The summed E-state index contributed by atoms with van der Waals surface area (Å²) in [6.07, 6.45) is 1.17. The molecule has 3 rings (SSSR count). The van der Waals surface area contributed by atoms with Gasteiger partial charge in [0, 0.05) is 19.2 Å². The van der Waals surface area contributed by atoms with Crippen LogP contribution in [0.2, 0.25) is 0 Å². The Kier molecular flexibility index (Phi) is 5.50. The van der Waals surface area contributed by atoms with E-state index in [0.29, 0.717) is 5.69 Å². The van der Waals surface area contributed by atoms with E-state index in [9.17, 15) is 18.5 Å². The minimum atomic E-state index is -3.99. The van der Waals surface area contributed by atoms with Crippen molar-refractivity contribution < 1.29 is 18.0 Å². The molecule has 13 heteroatoms. The zero-order chi connectivity index (χ0) is 21.0. The molecule has 0 aliphatic rings. The fraction of sp³-hybridized carbons (Fsp3) is 0.125. The van der Waals surface area contributed by atoms with Gasteiger partial charge in [0.2, 0.25) is 5.95 Å². The second-order valence-corrected chi connectivity index (χ2v) is 7.42. The number of aryl methyl sites for hydroxylation is 2. The van der Waals surface area contributed by atoms with Gasteiger partial charge in [-0.3, -0.25) is 10.1 Å². The van der Waals surface area contributed by atoms with Crippen LogP contribution in [0.4, 0.5) is 17.3 Å². The van der Waals surface area contributed by atoms with Crippen molar-refractivity contribution in [3.63, 3.8) is 0 Å². The zero-order valence-corrected chi connectivity index (χ0v) is 16.1. The zero-order valence-electron chi connectivity index (χ0n) is 15.3. The molecular formula is C16H15N8O4S-. The predicted molar refractivity (Wildman–Crippen MR) is 101 cm³/mol. The molecule has 0 aliphatic heterocycles. The first-order chi connectivity index (χ1) is 13.8. The van der Waals surface area contributed by atoms with Crippen molar-refractivity contribution in [2.24, 2.45) is 17.4 Å². The maximum Gasteiger partial charge on any atom is 0.269 e. The molecule has 0 unspecified atom stereocenters. The van der Waals surface area contributed by atoms with Crippen LogP contribution in [0.25, 0.3) is 10.3 Å². The monoisotopic (exact) mass is 415 g/mol. The Morgan fingerprint density at radius 3 is 2.41 bits per heavy atom. The highest BCUT2D eigenvalue weighted by Gasteiger charge is 2.09. The van der Waals surface area contributed by atoms with E-state index >= 15 is 0 Å². The number of sulfonamides is 1.